The van der Waals surface area contributed by atoms with Crippen molar-refractivity contribution >= 4 is 29.2 Å². The summed E-state index contributed by atoms with van der Waals surface area (Å²) in [5.41, 5.74) is 11.3. The fraction of sp³-hybridized carbons (Fsp3) is 0.462. The smallest absolute Gasteiger partial charge is 0.475 e. The average Bonchev–Trinajstić information content (AvgIpc) is 3.92. The predicted octanol–water partition coefficient (Wildman–Crippen LogP) is 6.57. The lowest BCUT2D eigenvalue weighted by atomic mass is 9.96. The summed E-state index contributed by atoms with van der Waals surface area (Å²) in [4.78, 5) is 38.9. The monoisotopic (exact) mass is 707 g/mol. The molecule has 2 amide bonds. The van der Waals surface area contributed by atoms with Crippen LogP contribution in [-0.4, -0.2) is 84.2 Å². The Balaban J connectivity index is 0.000000654. The predicted molar refractivity (Wildman–Crippen MR) is 192 cm³/mol. The number of nitrogens with two attached hydrogens (primary N) is 1. The molecule has 3 aromatic rings. The van der Waals surface area contributed by atoms with E-state index in [1.54, 1.807) is 6.07 Å². The van der Waals surface area contributed by atoms with Gasteiger partial charge in [0.25, 0.3) is 11.8 Å². The molecule has 5 N–H and O–H groups in total. The van der Waals surface area contributed by atoms with Gasteiger partial charge in [-0.05, 0) is 131 Å². The minimum atomic E-state index is -5.08. The molecule has 0 bridgehead atoms. The number of benzene rings is 3. The maximum absolute atomic E-state index is 12.8. The first-order valence-corrected chi connectivity index (χ1v) is 17.9. The van der Waals surface area contributed by atoms with Crippen LogP contribution >= 0.6 is 0 Å². The number of nitrogen functional groups attached to an aromatic ring is 1. The molecule has 1 aliphatic carbocycles. The van der Waals surface area contributed by atoms with Crippen molar-refractivity contribution in [2.24, 2.45) is 5.92 Å². The van der Waals surface area contributed by atoms with Crippen LogP contribution < -0.4 is 16.4 Å². The number of rotatable bonds is 11. The molecule has 9 nitrogen and oxygen atoms in total. The Hall–Kier alpha value is -4.42. The van der Waals surface area contributed by atoms with Crippen molar-refractivity contribution < 1.29 is 32.7 Å². The summed E-state index contributed by atoms with van der Waals surface area (Å²) < 4.78 is 31.7. The number of aliphatic carboxylic acids is 1. The van der Waals surface area contributed by atoms with Crippen LogP contribution in [0.5, 0.6) is 0 Å². The number of hydrogen-bond acceptors (Lipinski definition) is 6. The Labute approximate surface area is 297 Å². The lowest BCUT2D eigenvalue weighted by Gasteiger charge is -2.32. The summed E-state index contributed by atoms with van der Waals surface area (Å²) in [5.74, 6) is -1.37. The van der Waals surface area contributed by atoms with Crippen LogP contribution in [0.3, 0.4) is 0 Å². The van der Waals surface area contributed by atoms with E-state index in [9.17, 15) is 22.8 Å². The molecular weight excluding hydrogens is 659 g/mol. The molecule has 2 atom stereocenters. The fourth-order valence-corrected chi connectivity index (χ4v) is 6.81. The van der Waals surface area contributed by atoms with Crippen LogP contribution in [0.1, 0.15) is 82.7 Å². The number of aryl methyl sites for hydroxylation is 1. The van der Waals surface area contributed by atoms with Crippen LogP contribution in [0.4, 0.5) is 24.5 Å². The number of nitrogens with one attached hydrogen (secondary N) is 2. The van der Waals surface area contributed by atoms with E-state index in [1.165, 1.54) is 49.9 Å². The topological polar surface area (TPSA) is 128 Å². The zero-order valence-corrected chi connectivity index (χ0v) is 28.8. The summed E-state index contributed by atoms with van der Waals surface area (Å²) in [7, 11) is 0. The zero-order valence-electron chi connectivity index (χ0n) is 28.8. The van der Waals surface area contributed by atoms with Gasteiger partial charge < -0.3 is 31.3 Å². The summed E-state index contributed by atoms with van der Waals surface area (Å²) >= 11 is 0. The highest BCUT2D eigenvalue weighted by Crippen LogP contribution is 2.41. The lowest BCUT2D eigenvalue weighted by molar-refractivity contribution is -0.192. The average molecular weight is 708 g/mol. The number of likely N-dealkylation sites (tertiary alicyclic amines) is 2. The third kappa shape index (κ3) is 11.3. The third-order valence-corrected chi connectivity index (χ3v) is 10.0. The Morgan fingerprint density at radius 1 is 0.843 bits per heavy atom. The number of piperidine rings is 2. The maximum atomic E-state index is 12.8. The van der Waals surface area contributed by atoms with Gasteiger partial charge in [0.1, 0.15) is 0 Å². The van der Waals surface area contributed by atoms with Crippen LogP contribution in [0.15, 0.2) is 72.8 Å². The van der Waals surface area contributed by atoms with E-state index in [1.807, 2.05) is 47.4 Å². The number of alkyl halides is 3. The highest BCUT2D eigenvalue weighted by molar-refractivity contribution is 6.05. The largest absolute Gasteiger partial charge is 0.490 e. The molecule has 3 aliphatic rings. The van der Waals surface area contributed by atoms with E-state index in [-0.39, 0.29) is 11.8 Å². The van der Waals surface area contributed by atoms with E-state index >= 15 is 0 Å². The Kier molecular flexibility index (Phi) is 13.1. The standard InChI is InChI=1S/C37H47N5O2.C2HF3O2/c38-33-8-2-3-9-34(33)40-36(43)30-12-10-27(11-13-30)7-6-20-41-23-18-28(19-24-41)26-39-35-25-32(35)29-14-16-31(17-15-29)37(44)42-21-4-1-5-22-42;3-2(4,5)1(6)7/h2-3,8-17,28,32,35,39H,1,4-7,18-26,38H2,(H,40,43);(H,6,7). The molecule has 6 rings (SSSR count). The quantitative estimate of drug-likeness (QED) is 0.166. The van der Waals surface area contributed by atoms with Crippen molar-refractivity contribution in [1.29, 1.82) is 0 Å². The van der Waals surface area contributed by atoms with Crippen molar-refractivity contribution in [3.05, 3.63) is 95.1 Å². The molecule has 1 saturated carbocycles. The number of nitrogens with zero attached hydrogens (tertiary/aromatic N) is 2. The Bertz CT molecular complexity index is 1600. The van der Waals surface area contributed by atoms with Gasteiger partial charge >= 0.3 is 12.1 Å². The zero-order chi connectivity index (χ0) is 36.4. The number of anilines is 2. The number of para-hydroxylation sites is 2. The molecule has 3 fully saturated rings. The minimum absolute atomic E-state index is 0.140. The van der Waals surface area contributed by atoms with Gasteiger partial charge in [0.2, 0.25) is 0 Å². The van der Waals surface area contributed by atoms with Crippen molar-refractivity contribution in [3.63, 3.8) is 0 Å². The van der Waals surface area contributed by atoms with Crippen LogP contribution in [-0.2, 0) is 11.2 Å². The number of carboxylic acids is 1. The van der Waals surface area contributed by atoms with Gasteiger partial charge in [-0.3, -0.25) is 9.59 Å². The number of hydrogen-bond donors (Lipinski definition) is 4. The fourth-order valence-electron chi connectivity index (χ4n) is 6.81. The molecular formula is C39H48F3N5O4. The summed E-state index contributed by atoms with van der Waals surface area (Å²) in [6, 6.07) is 24.2. The molecule has 2 unspecified atom stereocenters. The Morgan fingerprint density at radius 2 is 1.47 bits per heavy atom. The molecule has 51 heavy (non-hydrogen) atoms. The molecule has 2 saturated heterocycles. The number of carbonyl (C=O) groups excluding carboxylic acids is 2. The van der Waals surface area contributed by atoms with Crippen molar-refractivity contribution in [2.75, 3.05) is 50.3 Å². The maximum Gasteiger partial charge on any atom is 0.490 e. The molecule has 0 aromatic heterocycles. The van der Waals surface area contributed by atoms with Gasteiger partial charge in [-0.25, -0.2) is 4.79 Å². The SMILES string of the molecule is Nc1ccccc1NC(=O)c1ccc(CCCN2CCC(CNC3CC3c3ccc(C(=O)N4CCCCC4)cc3)CC2)cc1.O=C(O)C(F)(F)F. The van der Waals surface area contributed by atoms with Crippen LogP contribution in [0, 0.1) is 5.92 Å². The second kappa shape index (κ2) is 17.7. The van der Waals surface area contributed by atoms with Crippen LogP contribution in [0.2, 0.25) is 0 Å². The van der Waals surface area contributed by atoms with Crippen molar-refractivity contribution in [3.8, 4) is 0 Å². The summed E-state index contributed by atoms with van der Waals surface area (Å²) in [6.45, 7) is 6.38. The van der Waals surface area contributed by atoms with Gasteiger partial charge in [0.05, 0.1) is 11.4 Å². The van der Waals surface area contributed by atoms with Crippen molar-refractivity contribution in [1.82, 2.24) is 15.1 Å². The van der Waals surface area contributed by atoms with E-state index in [2.05, 4.69) is 39.8 Å². The molecule has 2 heterocycles. The van der Waals surface area contributed by atoms with Gasteiger partial charge in [-0.1, -0.05) is 36.4 Å². The first kappa shape index (κ1) is 37.8. The second-order valence-electron chi connectivity index (χ2n) is 13.8. The van der Waals surface area contributed by atoms with E-state index in [0.717, 1.165) is 63.3 Å². The van der Waals surface area contributed by atoms with Gasteiger partial charge in [0.15, 0.2) is 0 Å². The number of halogens is 3. The highest BCUT2D eigenvalue weighted by Gasteiger charge is 2.39. The number of carboxylic acid groups (broad SMARTS) is 1. The van der Waals surface area contributed by atoms with Gasteiger partial charge in [0, 0.05) is 36.2 Å². The minimum Gasteiger partial charge on any atom is -0.475 e. The first-order valence-electron chi connectivity index (χ1n) is 17.9. The number of amides is 2. The van der Waals surface area contributed by atoms with Crippen LogP contribution in [0.25, 0.3) is 0 Å². The normalized spacial score (nSPS) is 19.5. The molecule has 274 valence electrons. The van der Waals surface area contributed by atoms with E-state index < -0.39 is 12.1 Å². The van der Waals surface area contributed by atoms with Gasteiger partial charge in [-0.2, -0.15) is 13.2 Å². The highest BCUT2D eigenvalue weighted by atomic mass is 19.4. The van der Waals surface area contributed by atoms with Gasteiger partial charge in [-0.15, -0.1) is 0 Å². The first-order chi connectivity index (χ1) is 24.5. The van der Waals surface area contributed by atoms with E-state index in [0.29, 0.717) is 28.9 Å². The van der Waals surface area contributed by atoms with Crippen molar-refractivity contribution in [2.45, 2.75) is 69.5 Å². The summed E-state index contributed by atoms with van der Waals surface area (Å²) in [6.07, 6.45) is 4.28. The molecule has 0 spiro atoms. The molecule has 2 aliphatic heterocycles. The number of carbonyl (C=O) groups is 3. The third-order valence-electron chi connectivity index (χ3n) is 10.0. The molecule has 3 aromatic carbocycles. The summed E-state index contributed by atoms with van der Waals surface area (Å²) in [5, 5.41) is 13.9. The molecule has 0 radical (unpaired) electrons. The lowest BCUT2D eigenvalue weighted by Crippen LogP contribution is -2.38. The second-order valence-corrected chi connectivity index (χ2v) is 13.8. The Morgan fingerprint density at radius 3 is 2.10 bits per heavy atom. The van der Waals surface area contributed by atoms with E-state index in [4.69, 9.17) is 15.6 Å². The molecule has 12 heteroatoms.